The van der Waals surface area contributed by atoms with Crippen molar-refractivity contribution in [2.75, 3.05) is 26.2 Å². The molecule has 6 heteroatoms. The monoisotopic (exact) mass is 284 g/mol. The number of aliphatic carboxylic acids is 1. The summed E-state index contributed by atoms with van der Waals surface area (Å²) in [6, 6.07) is 0.00679. The van der Waals surface area contributed by atoms with Crippen molar-refractivity contribution in [1.82, 2.24) is 9.80 Å². The van der Waals surface area contributed by atoms with Crippen LogP contribution in [-0.2, 0) is 14.3 Å². The normalized spacial score (nSPS) is 31.5. The van der Waals surface area contributed by atoms with Crippen LogP contribution in [-0.4, -0.2) is 71.2 Å². The quantitative estimate of drug-likeness (QED) is 0.817. The molecule has 2 aliphatic rings. The predicted molar refractivity (Wildman–Crippen MR) is 73.4 cm³/mol. The molecule has 0 radical (unpaired) electrons. The highest BCUT2D eigenvalue weighted by atomic mass is 16.5. The lowest BCUT2D eigenvalue weighted by atomic mass is 10.1. The fourth-order valence-corrected chi connectivity index (χ4v) is 3.19. The lowest BCUT2D eigenvalue weighted by Gasteiger charge is -2.36. The average Bonchev–Trinajstić information content (AvgIpc) is 2.74. The van der Waals surface area contributed by atoms with Crippen LogP contribution in [0.1, 0.15) is 33.1 Å². The highest BCUT2D eigenvalue weighted by Crippen LogP contribution is 2.20. The lowest BCUT2D eigenvalue weighted by molar-refractivity contribution is -0.145. The Morgan fingerprint density at radius 3 is 2.50 bits per heavy atom. The summed E-state index contributed by atoms with van der Waals surface area (Å²) in [5.41, 5.74) is 0. The molecule has 0 aliphatic carbocycles. The first-order valence-electron chi connectivity index (χ1n) is 7.34. The summed E-state index contributed by atoms with van der Waals surface area (Å²) in [7, 11) is 0. The maximum Gasteiger partial charge on any atom is 0.304 e. The Labute approximate surface area is 119 Å². The van der Waals surface area contributed by atoms with E-state index in [2.05, 4.69) is 0 Å². The van der Waals surface area contributed by atoms with Gasteiger partial charge in [-0.05, 0) is 33.2 Å². The SMILES string of the molecule is CC1CN(C(=O)CN2CCCC2CC(=O)O)CC(C)O1. The highest BCUT2D eigenvalue weighted by Gasteiger charge is 2.31. The van der Waals surface area contributed by atoms with Gasteiger partial charge in [-0.15, -0.1) is 0 Å². The van der Waals surface area contributed by atoms with Gasteiger partial charge in [0.1, 0.15) is 0 Å². The second-order valence-electron chi connectivity index (χ2n) is 5.92. The van der Waals surface area contributed by atoms with E-state index in [4.69, 9.17) is 9.84 Å². The maximum atomic E-state index is 12.4. The van der Waals surface area contributed by atoms with E-state index < -0.39 is 5.97 Å². The smallest absolute Gasteiger partial charge is 0.304 e. The zero-order chi connectivity index (χ0) is 14.7. The molecular weight excluding hydrogens is 260 g/mol. The molecule has 0 bridgehead atoms. The molecule has 0 aromatic heterocycles. The number of carbonyl (C=O) groups is 2. The van der Waals surface area contributed by atoms with Crippen molar-refractivity contribution in [2.24, 2.45) is 0 Å². The van der Waals surface area contributed by atoms with E-state index in [1.165, 1.54) is 0 Å². The summed E-state index contributed by atoms with van der Waals surface area (Å²) in [5.74, 6) is -0.702. The van der Waals surface area contributed by atoms with Gasteiger partial charge in [0.25, 0.3) is 0 Å². The van der Waals surface area contributed by atoms with E-state index >= 15 is 0 Å². The minimum atomic E-state index is -0.789. The second kappa shape index (κ2) is 6.54. The fourth-order valence-electron chi connectivity index (χ4n) is 3.19. The Morgan fingerprint density at radius 1 is 1.25 bits per heavy atom. The topological polar surface area (TPSA) is 70.1 Å². The summed E-state index contributed by atoms with van der Waals surface area (Å²) in [4.78, 5) is 27.1. The van der Waals surface area contributed by atoms with Gasteiger partial charge in [-0.2, -0.15) is 0 Å². The third kappa shape index (κ3) is 3.93. The van der Waals surface area contributed by atoms with Crippen molar-refractivity contribution in [2.45, 2.75) is 51.4 Å². The van der Waals surface area contributed by atoms with E-state index in [1.807, 2.05) is 23.6 Å². The number of rotatable bonds is 4. The molecule has 6 nitrogen and oxygen atoms in total. The van der Waals surface area contributed by atoms with Gasteiger partial charge < -0.3 is 14.7 Å². The Morgan fingerprint density at radius 2 is 1.90 bits per heavy atom. The Kier molecular flexibility index (Phi) is 4.99. The Hall–Kier alpha value is -1.14. The molecule has 2 saturated heterocycles. The van der Waals surface area contributed by atoms with Crippen molar-refractivity contribution in [3.63, 3.8) is 0 Å². The van der Waals surface area contributed by atoms with Gasteiger partial charge in [-0.25, -0.2) is 0 Å². The van der Waals surface area contributed by atoms with E-state index in [0.29, 0.717) is 19.6 Å². The molecule has 20 heavy (non-hydrogen) atoms. The largest absolute Gasteiger partial charge is 0.481 e. The van der Waals surface area contributed by atoms with Crippen molar-refractivity contribution in [1.29, 1.82) is 0 Å². The molecule has 3 unspecified atom stereocenters. The maximum absolute atomic E-state index is 12.4. The molecule has 2 fully saturated rings. The van der Waals surface area contributed by atoms with Crippen molar-refractivity contribution in [3.05, 3.63) is 0 Å². The molecule has 0 aromatic rings. The van der Waals surface area contributed by atoms with Crippen LogP contribution in [0.25, 0.3) is 0 Å². The predicted octanol–water partition coefficient (Wildman–Crippen LogP) is 0.561. The third-order valence-corrected chi connectivity index (χ3v) is 4.02. The number of likely N-dealkylation sites (tertiary alicyclic amines) is 1. The minimum Gasteiger partial charge on any atom is -0.481 e. The number of carbonyl (C=O) groups excluding carboxylic acids is 1. The molecule has 2 rings (SSSR count). The van der Waals surface area contributed by atoms with Crippen LogP contribution in [0.15, 0.2) is 0 Å². The van der Waals surface area contributed by atoms with Crippen LogP contribution in [0.2, 0.25) is 0 Å². The second-order valence-corrected chi connectivity index (χ2v) is 5.92. The van der Waals surface area contributed by atoms with Gasteiger partial charge in [0.05, 0.1) is 25.2 Å². The van der Waals surface area contributed by atoms with Gasteiger partial charge in [0, 0.05) is 19.1 Å². The molecule has 2 aliphatic heterocycles. The number of hydrogen-bond acceptors (Lipinski definition) is 4. The molecule has 0 saturated carbocycles. The fraction of sp³-hybridized carbons (Fsp3) is 0.857. The van der Waals surface area contributed by atoms with E-state index in [9.17, 15) is 9.59 Å². The standard InChI is InChI=1S/C14H24N2O4/c1-10-7-16(8-11(2)20-10)13(17)9-15-5-3-4-12(15)6-14(18)19/h10-12H,3-9H2,1-2H3,(H,18,19). The van der Waals surface area contributed by atoms with E-state index in [0.717, 1.165) is 19.4 Å². The van der Waals surface area contributed by atoms with E-state index in [-0.39, 0.29) is 30.6 Å². The van der Waals surface area contributed by atoms with Crippen LogP contribution in [0.3, 0.4) is 0 Å². The van der Waals surface area contributed by atoms with Gasteiger partial charge in [-0.1, -0.05) is 0 Å². The van der Waals surface area contributed by atoms with Gasteiger partial charge in [0.15, 0.2) is 0 Å². The van der Waals surface area contributed by atoms with Gasteiger partial charge in [0.2, 0.25) is 5.91 Å². The third-order valence-electron chi connectivity index (χ3n) is 4.02. The van der Waals surface area contributed by atoms with E-state index in [1.54, 1.807) is 0 Å². The molecule has 3 atom stereocenters. The number of carboxylic acids is 1. The summed E-state index contributed by atoms with van der Waals surface area (Å²) < 4.78 is 5.63. The van der Waals surface area contributed by atoms with Crippen LogP contribution >= 0.6 is 0 Å². The number of ether oxygens (including phenoxy) is 1. The molecule has 0 spiro atoms. The molecule has 2 heterocycles. The zero-order valence-electron chi connectivity index (χ0n) is 12.2. The molecule has 0 aromatic carbocycles. The molecular formula is C14H24N2O4. The number of nitrogens with zero attached hydrogens (tertiary/aromatic N) is 2. The Bertz CT molecular complexity index is 364. The lowest BCUT2D eigenvalue weighted by Crippen LogP contribution is -2.51. The van der Waals surface area contributed by atoms with Crippen molar-refractivity contribution >= 4 is 11.9 Å². The Balaban J connectivity index is 1.88. The first kappa shape index (κ1) is 15.3. The number of hydrogen-bond donors (Lipinski definition) is 1. The summed E-state index contributed by atoms with van der Waals surface area (Å²) in [5, 5.41) is 8.91. The summed E-state index contributed by atoms with van der Waals surface area (Å²) in [6.45, 7) is 6.34. The van der Waals surface area contributed by atoms with Crippen LogP contribution in [0, 0.1) is 0 Å². The first-order valence-corrected chi connectivity index (χ1v) is 7.34. The number of amides is 1. The number of morpholine rings is 1. The molecule has 1 amide bonds. The number of carboxylic acid groups (broad SMARTS) is 1. The average molecular weight is 284 g/mol. The highest BCUT2D eigenvalue weighted by molar-refractivity contribution is 5.78. The molecule has 114 valence electrons. The zero-order valence-corrected chi connectivity index (χ0v) is 12.2. The summed E-state index contributed by atoms with van der Waals surface area (Å²) in [6.07, 6.45) is 2.10. The van der Waals surface area contributed by atoms with Gasteiger partial charge in [-0.3, -0.25) is 14.5 Å². The van der Waals surface area contributed by atoms with Gasteiger partial charge >= 0.3 is 5.97 Å². The van der Waals surface area contributed by atoms with Crippen molar-refractivity contribution < 1.29 is 19.4 Å². The van der Waals surface area contributed by atoms with Crippen LogP contribution in [0.4, 0.5) is 0 Å². The first-order chi connectivity index (χ1) is 9.45. The summed E-state index contributed by atoms with van der Waals surface area (Å²) >= 11 is 0. The van der Waals surface area contributed by atoms with Crippen molar-refractivity contribution in [3.8, 4) is 0 Å². The molecule has 1 N–H and O–H groups in total. The van der Waals surface area contributed by atoms with Crippen LogP contribution < -0.4 is 0 Å². The van der Waals surface area contributed by atoms with Crippen LogP contribution in [0.5, 0.6) is 0 Å². The minimum absolute atomic E-state index is 0.00679.